The largest absolute Gasteiger partial charge is 0.313 e. The maximum absolute atomic E-state index is 3.60. The Hall–Kier alpha value is -0.860. The van der Waals surface area contributed by atoms with Crippen LogP contribution in [0.2, 0.25) is 0 Å². The number of rotatable bonds is 2. The zero-order valence-corrected chi connectivity index (χ0v) is 10.5. The summed E-state index contributed by atoms with van der Waals surface area (Å²) in [5.41, 5.74) is 2.88. The third-order valence-corrected chi connectivity index (χ3v) is 3.51. The Labute approximate surface area is 98.4 Å². The second-order valence-electron chi connectivity index (χ2n) is 5.21. The Balaban J connectivity index is 2.20. The molecule has 1 unspecified atom stereocenters. The lowest BCUT2D eigenvalue weighted by Crippen LogP contribution is -2.54. The van der Waals surface area contributed by atoms with Gasteiger partial charge in [0.15, 0.2) is 0 Å². The predicted octanol–water partition coefficient (Wildman–Crippen LogP) is 2.22. The minimum Gasteiger partial charge on any atom is -0.313 e. The molecule has 0 amide bonds. The Kier molecular flexibility index (Phi) is 3.31. The van der Waals surface area contributed by atoms with Crippen LogP contribution < -0.4 is 10.6 Å². The molecule has 1 aliphatic heterocycles. The van der Waals surface area contributed by atoms with Crippen molar-refractivity contribution in [2.45, 2.75) is 32.2 Å². The summed E-state index contributed by atoms with van der Waals surface area (Å²) in [6.45, 7) is 9.86. The topological polar surface area (TPSA) is 24.1 Å². The Morgan fingerprint density at radius 1 is 1.12 bits per heavy atom. The lowest BCUT2D eigenvalue weighted by atomic mass is 9.89. The Morgan fingerprint density at radius 2 is 1.81 bits per heavy atom. The van der Waals surface area contributed by atoms with E-state index in [1.807, 2.05) is 0 Å². The van der Waals surface area contributed by atoms with Crippen molar-refractivity contribution in [3.63, 3.8) is 0 Å². The Bertz CT molecular complexity index is 334. The van der Waals surface area contributed by atoms with Crippen molar-refractivity contribution in [2.24, 2.45) is 0 Å². The molecule has 1 heterocycles. The molecule has 1 aliphatic rings. The zero-order chi connectivity index (χ0) is 11.6. The van der Waals surface area contributed by atoms with E-state index in [9.17, 15) is 0 Å². The molecule has 0 aliphatic carbocycles. The van der Waals surface area contributed by atoms with Crippen LogP contribution in [0.4, 0.5) is 0 Å². The molecule has 1 saturated heterocycles. The fourth-order valence-corrected chi connectivity index (χ4v) is 2.27. The second-order valence-corrected chi connectivity index (χ2v) is 5.21. The van der Waals surface area contributed by atoms with Gasteiger partial charge >= 0.3 is 0 Å². The van der Waals surface area contributed by atoms with Crippen molar-refractivity contribution in [3.05, 3.63) is 35.4 Å². The molecule has 2 heteroatoms. The third-order valence-electron chi connectivity index (χ3n) is 3.51. The van der Waals surface area contributed by atoms with Gasteiger partial charge in [-0.3, -0.25) is 0 Å². The van der Waals surface area contributed by atoms with Gasteiger partial charge in [-0.2, -0.15) is 0 Å². The molecule has 0 radical (unpaired) electrons. The van der Waals surface area contributed by atoms with Crippen LogP contribution in [0.15, 0.2) is 24.3 Å². The van der Waals surface area contributed by atoms with E-state index in [1.165, 1.54) is 11.1 Å². The maximum Gasteiger partial charge on any atom is 0.0532 e. The van der Waals surface area contributed by atoms with Crippen molar-refractivity contribution in [3.8, 4) is 0 Å². The van der Waals surface area contributed by atoms with Crippen LogP contribution in [0.1, 0.15) is 37.8 Å². The zero-order valence-electron chi connectivity index (χ0n) is 10.5. The smallest absolute Gasteiger partial charge is 0.0532 e. The molecule has 88 valence electrons. The molecular weight excluding hydrogens is 196 g/mol. The first-order chi connectivity index (χ1) is 7.62. The van der Waals surface area contributed by atoms with Crippen molar-refractivity contribution in [2.75, 3.05) is 19.6 Å². The van der Waals surface area contributed by atoms with Gasteiger partial charge in [0.25, 0.3) is 0 Å². The van der Waals surface area contributed by atoms with Crippen molar-refractivity contribution in [1.82, 2.24) is 10.6 Å². The lowest BCUT2D eigenvalue weighted by molar-refractivity contribution is 0.303. The van der Waals surface area contributed by atoms with E-state index in [2.05, 4.69) is 55.7 Å². The molecule has 2 rings (SSSR count). The molecule has 0 aromatic heterocycles. The highest BCUT2D eigenvalue weighted by Gasteiger charge is 2.27. The molecule has 1 fully saturated rings. The normalized spacial score (nSPS) is 26.0. The number of hydrogen-bond donors (Lipinski definition) is 2. The first-order valence-corrected chi connectivity index (χ1v) is 6.18. The monoisotopic (exact) mass is 218 g/mol. The van der Waals surface area contributed by atoms with Crippen molar-refractivity contribution in [1.29, 1.82) is 0 Å². The van der Waals surface area contributed by atoms with Crippen LogP contribution >= 0.6 is 0 Å². The van der Waals surface area contributed by atoms with E-state index in [-0.39, 0.29) is 5.54 Å². The van der Waals surface area contributed by atoms with Gasteiger partial charge in [0.05, 0.1) is 5.54 Å². The van der Waals surface area contributed by atoms with Crippen LogP contribution in [0.5, 0.6) is 0 Å². The van der Waals surface area contributed by atoms with Gasteiger partial charge in [-0.15, -0.1) is 0 Å². The van der Waals surface area contributed by atoms with Crippen molar-refractivity contribution >= 4 is 0 Å². The highest BCUT2D eigenvalue weighted by Crippen LogP contribution is 2.23. The summed E-state index contributed by atoms with van der Waals surface area (Å²) in [6.07, 6.45) is 0. The van der Waals surface area contributed by atoms with E-state index in [4.69, 9.17) is 0 Å². The number of nitrogens with one attached hydrogen (secondary N) is 2. The molecule has 1 atom stereocenters. The van der Waals surface area contributed by atoms with E-state index in [0.29, 0.717) is 5.92 Å². The average molecular weight is 218 g/mol. The van der Waals surface area contributed by atoms with Gasteiger partial charge < -0.3 is 10.6 Å². The van der Waals surface area contributed by atoms with Crippen LogP contribution in [0.25, 0.3) is 0 Å². The average Bonchev–Trinajstić information content (AvgIpc) is 2.30. The van der Waals surface area contributed by atoms with Crippen LogP contribution in [0, 0.1) is 0 Å². The van der Waals surface area contributed by atoms with Gasteiger partial charge in [-0.25, -0.2) is 0 Å². The fraction of sp³-hybridized carbons (Fsp3) is 0.571. The van der Waals surface area contributed by atoms with Crippen LogP contribution in [-0.4, -0.2) is 19.6 Å². The highest BCUT2D eigenvalue weighted by molar-refractivity contribution is 5.30. The van der Waals surface area contributed by atoms with Gasteiger partial charge in [-0.1, -0.05) is 38.1 Å². The summed E-state index contributed by atoms with van der Waals surface area (Å²) in [5.74, 6) is 0.610. The SMILES string of the molecule is CC(C)c1ccc(C2(C)CNCCN2)cc1. The third kappa shape index (κ3) is 2.28. The summed E-state index contributed by atoms with van der Waals surface area (Å²) in [7, 11) is 0. The van der Waals surface area contributed by atoms with Gasteiger partial charge in [-0.05, 0) is 24.0 Å². The van der Waals surface area contributed by atoms with E-state index in [1.54, 1.807) is 0 Å². The molecule has 0 bridgehead atoms. The minimum atomic E-state index is 0.0910. The summed E-state index contributed by atoms with van der Waals surface area (Å²) in [6, 6.07) is 9.02. The molecule has 2 N–H and O–H groups in total. The molecule has 16 heavy (non-hydrogen) atoms. The number of piperazine rings is 1. The van der Waals surface area contributed by atoms with E-state index >= 15 is 0 Å². The van der Waals surface area contributed by atoms with Gasteiger partial charge in [0, 0.05) is 19.6 Å². The quantitative estimate of drug-likeness (QED) is 0.795. The van der Waals surface area contributed by atoms with Crippen molar-refractivity contribution < 1.29 is 0 Å². The first-order valence-electron chi connectivity index (χ1n) is 6.18. The molecule has 1 aromatic rings. The summed E-state index contributed by atoms with van der Waals surface area (Å²) in [4.78, 5) is 0. The first kappa shape index (κ1) is 11.6. The summed E-state index contributed by atoms with van der Waals surface area (Å²) >= 11 is 0. The summed E-state index contributed by atoms with van der Waals surface area (Å²) < 4.78 is 0. The van der Waals surface area contributed by atoms with Crippen LogP contribution in [0.3, 0.4) is 0 Å². The minimum absolute atomic E-state index is 0.0910. The molecule has 2 nitrogen and oxygen atoms in total. The lowest BCUT2D eigenvalue weighted by Gasteiger charge is -2.36. The fourth-order valence-electron chi connectivity index (χ4n) is 2.27. The van der Waals surface area contributed by atoms with E-state index in [0.717, 1.165) is 19.6 Å². The molecule has 0 spiro atoms. The summed E-state index contributed by atoms with van der Waals surface area (Å²) in [5, 5.41) is 7.05. The van der Waals surface area contributed by atoms with Gasteiger partial charge in [0.1, 0.15) is 0 Å². The highest BCUT2D eigenvalue weighted by atomic mass is 15.1. The standard InChI is InChI=1S/C14H22N2/c1-11(2)12-4-6-13(7-5-12)14(3)10-15-8-9-16-14/h4-7,11,15-16H,8-10H2,1-3H3. The molecule has 0 saturated carbocycles. The molecular formula is C14H22N2. The number of hydrogen-bond acceptors (Lipinski definition) is 2. The Morgan fingerprint density at radius 3 is 2.31 bits per heavy atom. The molecule has 1 aromatic carbocycles. The number of benzene rings is 1. The predicted molar refractivity (Wildman–Crippen MR) is 68.8 cm³/mol. The maximum atomic E-state index is 3.60. The van der Waals surface area contributed by atoms with E-state index < -0.39 is 0 Å². The second kappa shape index (κ2) is 4.56. The van der Waals surface area contributed by atoms with Gasteiger partial charge in [0.2, 0.25) is 0 Å². The van der Waals surface area contributed by atoms with Crippen LogP contribution in [-0.2, 0) is 5.54 Å².